The van der Waals surface area contributed by atoms with Crippen molar-refractivity contribution in [2.75, 3.05) is 11.8 Å². The van der Waals surface area contributed by atoms with Crippen LogP contribution in [0.3, 0.4) is 0 Å². The first-order valence-corrected chi connectivity index (χ1v) is 9.06. The molecular weight excluding hydrogens is 360 g/mol. The molecule has 0 aliphatic rings. The van der Waals surface area contributed by atoms with E-state index in [4.69, 9.17) is 16.3 Å². The van der Waals surface area contributed by atoms with Gasteiger partial charge in [-0.05, 0) is 36.4 Å². The number of hydrogen-bond donors (Lipinski definition) is 2. The maximum atomic E-state index is 12.6. The van der Waals surface area contributed by atoms with Crippen LogP contribution in [0, 0.1) is 0 Å². The zero-order valence-electron chi connectivity index (χ0n) is 11.8. The number of rotatable bonds is 4. The maximum Gasteiger partial charge on any atom is 0.305 e. The number of fused-ring (bicyclic) bond motifs is 1. The lowest BCUT2D eigenvalue weighted by Gasteiger charge is -2.12. The second kappa shape index (κ2) is 5.88. The molecule has 1 heterocycles. The lowest BCUT2D eigenvalue weighted by atomic mass is 10.3. The quantitative estimate of drug-likeness (QED) is 0.738. The number of H-pyrrole nitrogens is 1. The van der Waals surface area contributed by atoms with E-state index in [1.807, 2.05) is 0 Å². The summed E-state index contributed by atoms with van der Waals surface area (Å²) in [6, 6.07) is 9.15. The van der Waals surface area contributed by atoms with E-state index in [9.17, 15) is 13.2 Å². The fourth-order valence-electron chi connectivity index (χ4n) is 2.09. The van der Waals surface area contributed by atoms with Crippen molar-refractivity contribution in [3.63, 3.8) is 0 Å². The van der Waals surface area contributed by atoms with E-state index < -0.39 is 10.0 Å². The number of thiazole rings is 1. The van der Waals surface area contributed by atoms with Gasteiger partial charge >= 0.3 is 4.87 Å². The summed E-state index contributed by atoms with van der Waals surface area (Å²) in [4.78, 5) is 13.7. The lowest BCUT2D eigenvalue weighted by Crippen LogP contribution is -2.14. The largest absolute Gasteiger partial charge is 0.495 e. The summed E-state index contributed by atoms with van der Waals surface area (Å²) >= 11 is 6.94. The predicted octanol–water partition coefficient (Wildman–Crippen LogP) is 3.05. The van der Waals surface area contributed by atoms with Crippen LogP contribution in [0.2, 0.25) is 5.02 Å². The van der Waals surface area contributed by atoms with E-state index in [1.54, 1.807) is 24.3 Å². The molecule has 0 aliphatic heterocycles. The molecule has 0 fully saturated rings. The molecule has 2 aromatic carbocycles. The minimum atomic E-state index is -3.89. The fraction of sp³-hybridized carbons (Fsp3) is 0.0714. The predicted molar refractivity (Wildman–Crippen MR) is 91.3 cm³/mol. The number of anilines is 1. The molecule has 0 saturated carbocycles. The van der Waals surface area contributed by atoms with E-state index in [-0.39, 0.29) is 20.5 Å². The number of halogens is 1. The number of aromatic amines is 1. The molecule has 9 heteroatoms. The molecule has 0 bridgehead atoms. The number of sulfonamides is 1. The standard InChI is InChI=1S/C14H11ClN2O4S2/c1-21-11-4-2-8(15)6-13(11)23(19,20)17-9-3-5-12-10(7-9)16-14(18)22-12/h2-7,17H,1H3,(H,16,18). The van der Waals surface area contributed by atoms with Crippen molar-refractivity contribution in [3.8, 4) is 5.75 Å². The first kappa shape index (κ1) is 15.9. The van der Waals surface area contributed by atoms with Crippen LogP contribution in [-0.4, -0.2) is 20.5 Å². The SMILES string of the molecule is COc1ccc(Cl)cc1S(=O)(=O)Nc1ccc2sc(=O)[nH]c2c1. The van der Waals surface area contributed by atoms with Crippen LogP contribution in [0.15, 0.2) is 46.1 Å². The molecule has 2 N–H and O–H groups in total. The molecule has 6 nitrogen and oxygen atoms in total. The summed E-state index contributed by atoms with van der Waals surface area (Å²) in [5.74, 6) is 0.187. The number of hydrogen-bond acceptors (Lipinski definition) is 5. The van der Waals surface area contributed by atoms with Crippen molar-refractivity contribution in [2.45, 2.75) is 4.90 Å². The summed E-state index contributed by atoms with van der Waals surface area (Å²) in [5.41, 5.74) is 0.895. The van der Waals surface area contributed by atoms with Gasteiger partial charge in [0.05, 0.1) is 23.0 Å². The van der Waals surface area contributed by atoms with Crippen molar-refractivity contribution >= 4 is 48.9 Å². The van der Waals surface area contributed by atoms with Gasteiger partial charge in [0.15, 0.2) is 0 Å². The van der Waals surface area contributed by atoms with E-state index in [1.165, 1.54) is 19.2 Å². The molecule has 0 unspecified atom stereocenters. The third kappa shape index (κ3) is 3.19. The second-order valence-electron chi connectivity index (χ2n) is 4.63. The van der Waals surface area contributed by atoms with Crippen LogP contribution in [-0.2, 0) is 10.0 Å². The van der Waals surface area contributed by atoms with Gasteiger partial charge in [0.25, 0.3) is 10.0 Å². The van der Waals surface area contributed by atoms with Crippen molar-refractivity contribution in [1.29, 1.82) is 0 Å². The Morgan fingerprint density at radius 3 is 2.74 bits per heavy atom. The van der Waals surface area contributed by atoms with Crippen LogP contribution >= 0.6 is 22.9 Å². The molecular formula is C14H11ClN2O4S2. The molecule has 0 spiro atoms. The van der Waals surface area contributed by atoms with Gasteiger partial charge in [0.2, 0.25) is 0 Å². The summed E-state index contributed by atoms with van der Waals surface area (Å²) in [6.07, 6.45) is 0. The number of benzene rings is 2. The average molecular weight is 371 g/mol. The van der Waals surface area contributed by atoms with E-state index in [2.05, 4.69) is 9.71 Å². The Balaban J connectivity index is 2.02. The number of aromatic nitrogens is 1. The molecule has 3 aromatic rings. The van der Waals surface area contributed by atoms with Crippen LogP contribution in [0.25, 0.3) is 10.2 Å². The highest BCUT2D eigenvalue weighted by atomic mass is 35.5. The summed E-state index contributed by atoms with van der Waals surface area (Å²) in [5, 5.41) is 0.281. The number of nitrogens with one attached hydrogen (secondary N) is 2. The van der Waals surface area contributed by atoms with Gasteiger partial charge in [-0.25, -0.2) is 8.42 Å². The van der Waals surface area contributed by atoms with E-state index in [0.29, 0.717) is 11.2 Å². The smallest absolute Gasteiger partial charge is 0.305 e. The second-order valence-corrected chi connectivity index (χ2v) is 7.73. The Morgan fingerprint density at radius 1 is 1.22 bits per heavy atom. The normalized spacial score (nSPS) is 11.6. The Hall–Kier alpha value is -2.03. The molecule has 0 amide bonds. The van der Waals surface area contributed by atoms with E-state index >= 15 is 0 Å². The third-order valence-corrected chi connectivity index (χ3v) is 5.59. The summed E-state index contributed by atoms with van der Waals surface area (Å²) in [6.45, 7) is 0. The average Bonchev–Trinajstić information content (AvgIpc) is 2.86. The highest BCUT2D eigenvalue weighted by Crippen LogP contribution is 2.29. The van der Waals surface area contributed by atoms with Gasteiger partial charge < -0.3 is 9.72 Å². The zero-order valence-corrected chi connectivity index (χ0v) is 14.2. The van der Waals surface area contributed by atoms with Gasteiger partial charge in [-0.2, -0.15) is 0 Å². The Labute approximate surface area is 140 Å². The van der Waals surface area contributed by atoms with Crippen molar-refractivity contribution in [1.82, 2.24) is 4.98 Å². The summed E-state index contributed by atoms with van der Waals surface area (Å²) in [7, 11) is -2.51. The number of methoxy groups -OCH3 is 1. The van der Waals surface area contributed by atoms with Gasteiger partial charge in [0, 0.05) is 5.02 Å². The molecule has 23 heavy (non-hydrogen) atoms. The van der Waals surface area contributed by atoms with Gasteiger partial charge in [-0.3, -0.25) is 9.52 Å². The van der Waals surface area contributed by atoms with Crippen molar-refractivity contribution in [3.05, 3.63) is 51.1 Å². The minimum Gasteiger partial charge on any atom is -0.495 e. The van der Waals surface area contributed by atoms with Crippen LogP contribution in [0.5, 0.6) is 5.75 Å². The van der Waals surface area contributed by atoms with Crippen molar-refractivity contribution in [2.24, 2.45) is 0 Å². The fourth-order valence-corrected chi connectivity index (χ4v) is 4.29. The van der Waals surface area contributed by atoms with Crippen LogP contribution in [0.4, 0.5) is 5.69 Å². The van der Waals surface area contributed by atoms with E-state index in [0.717, 1.165) is 16.0 Å². The minimum absolute atomic E-state index is 0.0635. The van der Waals surface area contributed by atoms with Crippen LogP contribution < -0.4 is 14.3 Å². The molecule has 0 saturated heterocycles. The topological polar surface area (TPSA) is 88.3 Å². The molecule has 0 atom stereocenters. The first-order valence-electron chi connectivity index (χ1n) is 6.38. The molecule has 0 aliphatic carbocycles. The van der Waals surface area contributed by atoms with Gasteiger partial charge in [0.1, 0.15) is 10.6 Å². The third-order valence-electron chi connectivity index (χ3n) is 3.09. The zero-order chi connectivity index (χ0) is 16.6. The summed E-state index contributed by atoms with van der Waals surface area (Å²) < 4.78 is 33.4. The Bertz CT molecular complexity index is 1040. The highest BCUT2D eigenvalue weighted by Gasteiger charge is 2.20. The Kier molecular flexibility index (Phi) is 4.05. The molecule has 3 rings (SSSR count). The van der Waals surface area contributed by atoms with Crippen molar-refractivity contribution < 1.29 is 13.2 Å². The molecule has 0 radical (unpaired) electrons. The van der Waals surface area contributed by atoms with Crippen LogP contribution in [0.1, 0.15) is 0 Å². The number of ether oxygens (including phenoxy) is 1. The highest BCUT2D eigenvalue weighted by molar-refractivity contribution is 7.92. The Morgan fingerprint density at radius 2 is 2.00 bits per heavy atom. The molecule has 120 valence electrons. The maximum absolute atomic E-state index is 12.6. The van der Waals surface area contributed by atoms with Gasteiger partial charge in [-0.15, -0.1) is 0 Å². The molecule has 1 aromatic heterocycles. The van der Waals surface area contributed by atoms with Gasteiger partial charge in [-0.1, -0.05) is 22.9 Å². The monoisotopic (exact) mass is 370 g/mol. The lowest BCUT2D eigenvalue weighted by molar-refractivity contribution is 0.403. The first-order chi connectivity index (χ1) is 10.9.